The SMILES string of the molecule is C/C(=N\NC(=O)c1ccccc1)C1=C(O)CC(C)(C)CC1=O. The van der Waals surface area contributed by atoms with E-state index < -0.39 is 0 Å². The number of Topliss-reactive ketones (excluding diaryl/α,β-unsaturated/α-hetero) is 1. The van der Waals surface area contributed by atoms with E-state index in [0.717, 1.165) is 0 Å². The van der Waals surface area contributed by atoms with Crippen molar-refractivity contribution < 1.29 is 14.7 Å². The molecule has 0 aromatic heterocycles. The van der Waals surface area contributed by atoms with Crippen LogP contribution in [-0.2, 0) is 4.79 Å². The van der Waals surface area contributed by atoms with Gasteiger partial charge in [0.1, 0.15) is 5.76 Å². The molecule has 1 amide bonds. The third-order valence-electron chi connectivity index (χ3n) is 3.58. The van der Waals surface area contributed by atoms with Crippen molar-refractivity contribution in [2.75, 3.05) is 0 Å². The number of rotatable bonds is 3. The molecule has 5 nitrogen and oxygen atoms in total. The standard InChI is InChI=1S/C17H20N2O3/c1-11(15-13(20)9-17(2,3)10-14(15)21)18-19-16(22)12-7-5-4-6-8-12/h4-8,20H,9-10H2,1-3H3,(H,19,22)/b18-11+. The Morgan fingerprint density at radius 1 is 1.23 bits per heavy atom. The summed E-state index contributed by atoms with van der Waals surface area (Å²) in [6.07, 6.45) is 0.777. The van der Waals surface area contributed by atoms with Crippen molar-refractivity contribution in [3.63, 3.8) is 0 Å². The number of hydrogen-bond donors (Lipinski definition) is 2. The molecule has 1 aliphatic rings. The zero-order valence-electron chi connectivity index (χ0n) is 13.0. The van der Waals surface area contributed by atoms with Gasteiger partial charge in [-0.1, -0.05) is 32.0 Å². The van der Waals surface area contributed by atoms with Gasteiger partial charge in [-0.05, 0) is 24.5 Å². The first-order valence-corrected chi connectivity index (χ1v) is 7.15. The van der Waals surface area contributed by atoms with Crippen molar-refractivity contribution in [2.45, 2.75) is 33.6 Å². The summed E-state index contributed by atoms with van der Waals surface area (Å²) in [6.45, 7) is 5.47. The summed E-state index contributed by atoms with van der Waals surface area (Å²) in [4.78, 5) is 24.1. The van der Waals surface area contributed by atoms with Crippen LogP contribution in [-0.4, -0.2) is 22.5 Å². The first kappa shape index (κ1) is 15.9. The van der Waals surface area contributed by atoms with Crippen LogP contribution in [0.2, 0.25) is 0 Å². The minimum Gasteiger partial charge on any atom is -0.511 e. The Kier molecular flexibility index (Phi) is 4.45. The van der Waals surface area contributed by atoms with Gasteiger partial charge in [-0.15, -0.1) is 0 Å². The minimum absolute atomic E-state index is 0.0384. The van der Waals surface area contributed by atoms with Crippen molar-refractivity contribution in [1.82, 2.24) is 5.43 Å². The van der Waals surface area contributed by atoms with E-state index in [-0.39, 0.29) is 28.4 Å². The van der Waals surface area contributed by atoms with Crippen molar-refractivity contribution in [3.8, 4) is 0 Å². The van der Waals surface area contributed by atoms with Gasteiger partial charge in [0.05, 0.1) is 11.3 Å². The summed E-state index contributed by atoms with van der Waals surface area (Å²) in [7, 11) is 0. The first-order chi connectivity index (χ1) is 10.3. The molecule has 0 atom stereocenters. The summed E-state index contributed by atoms with van der Waals surface area (Å²) in [6, 6.07) is 8.67. The summed E-state index contributed by atoms with van der Waals surface area (Å²) in [5.74, 6) is -0.468. The topological polar surface area (TPSA) is 78.8 Å². The highest BCUT2D eigenvalue weighted by Gasteiger charge is 2.34. The van der Waals surface area contributed by atoms with Gasteiger partial charge in [0, 0.05) is 18.4 Å². The van der Waals surface area contributed by atoms with Crippen LogP contribution in [0, 0.1) is 5.41 Å². The normalized spacial score (nSPS) is 18.3. The van der Waals surface area contributed by atoms with E-state index in [1.165, 1.54) is 0 Å². The molecule has 22 heavy (non-hydrogen) atoms. The lowest BCUT2D eigenvalue weighted by molar-refractivity contribution is -0.117. The fourth-order valence-corrected chi connectivity index (χ4v) is 2.54. The molecule has 0 heterocycles. The monoisotopic (exact) mass is 300 g/mol. The van der Waals surface area contributed by atoms with Crippen LogP contribution in [0.3, 0.4) is 0 Å². The van der Waals surface area contributed by atoms with Gasteiger partial charge in [0.15, 0.2) is 5.78 Å². The maximum atomic E-state index is 12.2. The second-order valence-corrected chi connectivity index (χ2v) is 6.27. The summed E-state index contributed by atoms with van der Waals surface area (Å²) in [5.41, 5.74) is 3.17. The van der Waals surface area contributed by atoms with Crippen molar-refractivity contribution in [3.05, 3.63) is 47.2 Å². The molecule has 2 rings (SSSR count). The molecule has 5 heteroatoms. The third kappa shape index (κ3) is 3.61. The van der Waals surface area contributed by atoms with Crippen LogP contribution in [0.1, 0.15) is 44.0 Å². The number of hydrogen-bond acceptors (Lipinski definition) is 4. The average Bonchev–Trinajstić information content (AvgIpc) is 2.43. The Balaban J connectivity index is 2.16. The zero-order valence-corrected chi connectivity index (χ0v) is 13.0. The highest BCUT2D eigenvalue weighted by atomic mass is 16.3. The Morgan fingerprint density at radius 3 is 2.45 bits per heavy atom. The molecule has 0 saturated carbocycles. The molecule has 1 aliphatic carbocycles. The molecule has 0 unspecified atom stereocenters. The molecule has 0 spiro atoms. The van der Waals surface area contributed by atoms with Gasteiger partial charge >= 0.3 is 0 Å². The molecule has 116 valence electrons. The molecule has 0 saturated heterocycles. The Bertz CT molecular complexity index is 658. The van der Waals surface area contributed by atoms with E-state index in [4.69, 9.17) is 0 Å². The highest BCUT2D eigenvalue weighted by molar-refractivity contribution is 6.22. The van der Waals surface area contributed by atoms with Gasteiger partial charge in [-0.3, -0.25) is 9.59 Å². The molecular weight excluding hydrogens is 280 g/mol. The molecule has 2 N–H and O–H groups in total. The third-order valence-corrected chi connectivity index (χ3v) is 3.58. The number of amides is 1. The van der Waals surface area contributed by atoms with Crippen LogP contribution in [0.25, 0.3) is 0 Å². The number of aliphatic hydroxyl groups excluding tert-OH is 1. The number of nitrogens with one attached hydrogen (secondary N) is 1. The summed E-state index contributed by atoms with van der Waals surface area (Å²) in [5, 5.41) is 14.0. The zero-order chi connectivity index (χ0) is 16.3. The molecule has 0 radical (unpaired) electrons. The number of nitrogens with zero attached hydrogens (tertiary/aromatic N) is 1. The fourth-order valence-electron chi connectivity index (χ4n) is 2.54. The van der Waals surface area contributed by atoms with Gasteiger partial charge in [-0.25, -0.2) is 5.43 Å². The Hall–Kier alpha value is -2.43. The van der Waals surface area contributed by atoms with E-state index in [9.17, 15) is 14.7 Å². The van der Waals surface area contributed by atoms with Crippen LogP contribution >= 0.6 is 0 Å². The van der Waals surface area contributed by atoms with E-state index >= 15 is 0 Å². The second kappa shape index (κ2) is 6.13. The maximum Gasteiger partial charge on any atom is 0.271 e. The molecule has 1 aromatic carbocycles. The number of benzene rings is 1. The van der Waals surface area contributed by atoms with Gasteiger partial charge in [0.25, 0.3) is 5.91 Å². The first-order valence-electron chi connectivity index (χ1n) is 7.15. The van der Waals surface area contributed by atoms with Gasteiger partial charge < -0.3 is 5.11 Å². The van der Waals surface area contributed by atoms with Gasteiger partial charge in [-0.2, -0.15) is 5.10 Å². The van der Waals surface area contributed by atoms with E-state index in [1.807, 2.05) is 19.9 Å². The minimum atomic E-state index is -0.358. The maximum absolute atomic E-state index is 12.2. The highest BCUT2D eigenvalue weighted by Crippen LogP contribution is 2.35. The summed E-state index contributed by atoms with van der Waals surface area (Å²) >= 11 is 0. The Labute approximate surface area is 129 Å². The van der Waals surface area contributed by atoms with E-state index in [0.29, 0.717) is 24.1 Å². The number of hydrazone groups is 1. The predicted octanol–water partition coefficient (Wildman–Crippen LogP) is 2.99. The lowest BCUT2D eigenvalue weighted by Gasteiger charge is -2.29. The number of ketones is 1. The van der Waals surface area contributed by atoms with Crippen LogP contribution in [0.4, 0.5) is 0 Å². The molecule has 1 aromatic rings. The number of carbonyl (C=O) groups is 2. The van der Waals surface area contributed by atoms with Crippen LogP contribution in [0.15, 0.2) is 46.8 Å². The van der Waals surface area contributed by atoms with Gasteiger partial charge in [0.2, 0.25) is 0 Å². The largest absolute Gasteiger partial charge is 0.511 e. The average molecular weight is 300 g/mol. The van der Waals surface area contributed by atoms with E-state index in [2.05, 4.69) is 10.5 Å². The van der Waals surface area contributed by atoms with Crippen LogP contribution < -0.4 is 5.43 Å². The Morgan fingerprint density at radius 2 is 1.86 bits per heavy atom. The van der Waals surface area contributed by atoms with E-state index in [1.54, 1.807) is 31.2 Å². The number of carbonyl (C=O) groups excluding carboxylic acids is 2. The van der Waals surface area contributed by atoms with Crippen molar-refractivity contribution in [2.24, 2.45) is 10.5 Å². The molecule has 0 bridgehead atoms. The smallest absolute Gasteiger partial charge is 0.271 e. The molecule has 0 fully saturated rings. The van der Waals surface area contributed by atoms with Crippen molar-refractivity contribution in [1.29, 1.82) is 0 Å². The molecule has 0 aliphatic heterocycles. The lowest BCUT2D eigenvalue weighted by atomic mass is 9.76. The van der Waals surface area contributed by atoms with Crippen LogP contribution in [0.5, 0.6) is 0 Å². The fraction of sp³-hybridized carbons (Fsp3) is 0.353. The summed E-state index contributed by atoms with van der Waals surface area (Å²) < 4.78 is 0. The predicted molar refractivity (Wildman–Crippen MR) is 84.7 cm³/mol. The number of allylic oxidation sites excluding steroid dienone is 2. The second-order valence-electron chi connectivity index (χ2n) is 6.27. The van der Waals surface area contributed by atoms with Crippen molar-refractivity contribution >= 4 is 17.4 Å². The number of aliphatic hydroxyl groups is 1. The lowest BCUT2D eigenvalue weighted by Crippen LogP contribution is -2.29. The quantitative estimate of drug-likeness (QED) is 0.665. The molecular formula is C17H20N2O3.